The molecule has 0 aliphatic rings. The summed E-state index contributed by atoms with van der Waals surface area (Å²) in [6, 6.07) is 4.32. The summed E-state index contributed by atoms with van der Waals surface area (Å²) < 4.78 is 31.2. The fourth-order valence-electron chi connectivity index (χ4n) is 1.69. The summed E-state index contributed by atoms with van der Waals surface area (Å²) >= 11 is 1.37. The number of aromatic hydroxyl groups is 1. The molecule has 0 saturated heterocycles. The van der Waals surface area contributed by atoms with Crippen molar-refractivity contribution in [2.75, 3.05) is 14.2 Å². The van der Waals surface area contributed by atoms with E-state index in [1.807, 2.05) is 0 Å². The number of methoxy groups -OCH3 is 1. The number of phenols is 1. The lowest BCUT2D eigenvalue weighted by Gasteiger charge is -2.18. The van der Waals surface area contributed by atoms with E-state index in [2.05, 4.69) is 4.98 Å². The van der Waals surface area contributed by atoms with Crippen molar-refractivity contribution in [3.8, 4) is 11.5 Å². The topological polar surface area (TPSA) is 79.7 Å². The first-order chi connectivity index (χ1) is 9.46. The number of nitrogens with zero attached hydrogens (tertiary/aromatic N) is 2. The lowest BCUT2D eigenvalue weighted by molar-refractivity contribution is 0.382. The Bertz CT molecular complexity index is 683. The zero-order chi connectivity index (χ0) is 14.8. The highest BCUT2D eigenvalue weighted by Crippen LogP contribution is 2.34. The highest BCUT2D eigenvalue weighted by atomic mass is 32.2. The zero-order valence-corrected chi connectivity index (χ0v) is 12.6. The van der Waals surface area contributed by atoms with Crippen LogP contribution in [0.3, 0.4) is 0 Å². The Morgan fingerprint density at radius 1 is 1.45 bits per heavy atom. The molecule has 0 radical (unpaired) electrons. The van der Waals surface area contributed by atoms with Crippen LogP contribution in [0.2, 0.25) is 0 Å². The fraction of sp³-hybridized carbons (Fsp3) is 0.250. The summed E-state index contributed by atoms with van der Waals surface area (Å²) in [6.07, 6.45) is 1.61. The molecule has 0 unspecified atom stereocenters. The van der Waals surface area contributed by atoms with Crippen LogP contribution in [0.25, 0.3) is 0 Å². The summed E-state index contributed by atoms with van der Waals surface area (Å²) in [5.74, 6) is -0.230. The largest absolute Gasteiger partial charge is 0.506 e. The summed E-state index contributed by atoms with van der Waals surface area (Å²) in [5.41, 5.74) is 0. The highest BCUT2D eigenvalue weighted by molar-refractivity contribution is 7.89. The van der Waals surface area contributed by atoms with Crippen molar-refractivity contribution in [2.45, 2.75) is 11.4 Å². The fourth-order valence-corrected chi connectivity index (χ4v) is 3.78. The summed E-state index contributed by atoms with van der Waals surface area (Å²) in [4.78, 5) is 3.81. The van der Waals surface area contributed by atoms with Crippen LogP contribution in [0.4, 0.5) is 0 Å². The van der Waals surface area contributed by atoms with Crippen LogP contribution in [0.15, 0.2) is 34.7 Å². The normalized spacial score (nSPS) is 11.8. The first-order valence-electron chi connectivity index (χ1n) is 5.67. The average Bonchev–Trinajstić information content (AvgIpc) is 2.90. The second-order valence-electron chi connectivity index (χ2n) is 4.00. The van der Waals surface area contributed by atoms with Gasteiger partial charge in [0.05, 0.1) is 13.7 Å². The Balaban J connectivity index is 2.40. The molecule has 0 amide bonds. The van der Waals surface area contributed by atoms with Crippen LogP contribution < -0.4 is 4.74 Å². The third kappa shape index (κ3) is 2.77. The van der Waals surface area contributed by atoms with E-state index in [9.17, 15) is 13.5 Å². The van der Waals surface area contributed by atoms with Crippen molar-refractivity contribution < 1.29 is 18.3 Å². The Kier molecular flexibility index (Phi) is 4.26. The van der Waals surface area contributed by atoms with E-state index in [4.69, 9.17) is 4.74 Å². The summed E-state index contributed by atoms with van der Waals surface area (Å²) in [5, 5.41) is 12.3. The number of ether oxygens (including phenoxy) is 1. The minimum atomic E-state index is -3.86. The van der Waals surface area contributed by atoms with Gasteiger partial charge in [0.25, 0.3) is 10.0 Å². The third-order valence-corrected chi connectivity index (χ3v) is 5.33. The van der Waals surface area contributed by atoms with E-state index in [-0.39, 0.29) is 22.9 Å². The van der Waals surface area contributed by atoms with Gasteiger partial charge in [0.2, 0.25) is 0 Å². The SMILES string of the molecule is COc1cccc(O)c1S(=O)(=O)N(C)Cc1nccs1. The van der Waals surface area contributed by atoms with E-state index >= 15 is 0 Å². The number of thiazole rings is 1. The lowest BCUT2D eigenvalue weighted by atomic mass is 10.3. The van der Waals surface area contributed by atoms with Crippen LogP contribution in [0, 0.1) is 0 Å². The first-order valence-corrected chi connectivity index (χ1v) is 7.99. The average molecular weight is 314 g/mol. The van der Waals surface area contributed by atoms with Gasteiger partial charge in [-0.1, -0.05) is 6.07 Å². The molecule has 1 heterocycles. The van der Waals surface area contributed by atoms with Crippen molar-refractivity contribution in [1.29, 1.82) is 0 Å². The van der Waals surface area contributed by atoms with Gasteiger partial charge in [-0.15, -0.1) is 11.3 Å². The molecule has 8 heteroatoms. The molecular formula is C12H14N2O4S2. The first kappa shape index (κ1) is 14.8. The highest BCUT2D eigenvalue weighted by Gasteiger charge is 2.28. The smallest absolute Gasteiger partial charge is 0.250 e. The van der Waals surface area contributed by atoms with Gasteiger partial charge in [0.15, 0.2) is 4.90 Å². The van der Waals surface area contributed by atoms with Gasteiger partial charge in [-0.05, 0) is 12.1 Å². The van der Waals surface area contributed by atoms with Crippen molar-refractivity contribution in [3.63, 3.8) is 0 Å². The standard InChI is InChI=1S/C12H14N2O4S2/c1-14(8-11-13-6-7-19-11)20(16,17)12-9(15)4-3-5-10(12)18-2/h3-7,15H,8H2,1-2H3. The Hall–Kier alpha value is -1.64. The minimum Gasteiger partial charge on any atom is -0.506 e. The number of phenolic OH excluding ortho intramolecular Hbond substituents is 1. The van der Waals surface area contributed by atoms with Crippen LogP contribution in [0.1, 0.15) is 5.01 Å². The molecule has 0 aliphatic carbocycles. The van der Waals surface area contributed by atoms with Gasteiger partial charge in [0, 0.05) is 18.6 Å². The molecule has 108 valence electrons. The number of benzene rings is 1. The molecule has 2 rings (SSSR count). The number of sulfonamides is 1. The maximum Gasteiger partial charge on any atom is 0.250 e. The van der Waals surface area contributed by atoms with E-state index in [0.29, 0.717) is 5.01 Å². The van der Waals surface area contributed by atoms with E-state index in [1.54, 1.807) is 11.6 Å². The molecule has 20 heavy (non-hydrogen) atoms. The van der Waals surface area contributed by atoms with Crippen LogP contribution >= 0.6 is 11.3 Å². The minimum absolute atomic E-state index is 0.107. The maximum atomic E-state index is 12.5. The molecule has 1 N–H and O–H groups in total. The Labute approximate surface area is 121 Å². The maximum absolute atomic E-state index is 12.5. The third-order valence-electron chi connectivity index (χ3n) is 2.69. The van der Waals surface area contributed by atoms with Crippen molar-refractivity contribution >= 4 is 21.4 Å². The second-order valence-corrected chi connectivity index (χ2v) is 6.96. The van der Waals surface area contributed by atoms with Crippen LogP contribution in [0.5, 0.6) is 11.5 Å². The van der Waals surface area contributed by atoms with Crippen molar-refractivity contribution in [2.24, 2.45) is 0 Å². The molecule has 0 spiro atoms. The van der Waals surface area contributed by atoms with Crippen molar-refractivity contribution in [1.82, 2.24) is 9.29 Å². The molecule has 0 bridgehead atoms. The van der Waals surface area contributed by atoms with Crippen molar-refractivity contribution in [3.05, 3.63) is 34.8 Å². The van der Waals surface area contributed by atoms with Gasteiger partial charge >= 0.3 is 0 Å². The summed E-state index contributed by atoms with van der Waals surface area (Å²) in [7, 11) is -1.07. The predicted octanol–water partition coefficient (Wildman–Crippen LogP) is 1.68. The predicted molar refractivity (Wildman–Crippen MR) is 75.4 cm³/mol. The van der Waals surface area contributed by atoms with E-state index in [0.717, 1.165) is 4.31 Å². The molecule has 2 aromatic rings. The molecule has 1 aromatic heterocycles. The monoisotopic (exact) mass is 314 g/mol. The number of aromatic nitrogens is 1. The van der Waals surface area contributed by atoms with Gasteiger partial charge < -0.3 is 9.84 Å². The molecule has 0 saturated carbocycles. The number of hydrogen-bond donors (Lipinski definition) is 1. The second kappa shape index (κ2) is 5.78. The van der Waals surface area contributed by atoms with Gasteiger partial charge in [0.1, 0.15) is 16.5 Å². The number of rotatable bonds is 5. The van der Waals surface area contributed by atoms with Gasteiger partial charge in [-0.2, -0.15) is 4.31 Å². The molecule has 0 fully saturated rings. The molecule has 1 aromatic carbocycles. The lowest BCUT2D eigenvalue weighted by Crippen LogP contribution is -2.27. The van der Waals surface area contributed by atoms with Gasteiger partial charge in [-0.25, -0.2) is 13.4 Å². The molecular weight excluding hydrogens is 300 g/mol. The van der Waals surface area contributed by atoms with Crippen LogP contribution in [-0.4, -0.2) is 37.0 Å². The number of hydrogen-bond acceptors (Lipinski definition) is 6. The Morgan fingerprint density at radius 2 is 2.20 bits per heavy atom. The molecule has 0 atom stereocenters. The molecule has 6 nitrogen and oxygen atoms in total. The summed E-state index contributed by atoms with van der Waals surface area (Å²) in [6.45, 7) is 0.136. The molecule has 0 aliphatic heterocycles. The zero-order valence-electron chi connectivity index (χ0n) is 11.0. The Morgan fingerprint density at radius 3 is 2.80 bits per heavy atom. The van der Waals surface area contributed by atoms with E-state index < -0.39 is 10.0 Å². The quantitative estimate of drug-likeness (QED) is 0.908. The van der Waals surface area contributed by atoms with E-state index in [1.165, 1.54) is 43.7 Å². The van der Waals surface area contributed by atoms with Gasteiger partial charge in [-0.3, -0.25) is 0 Å². The van der Waals surface area contributed by atoms with Crippen LogP contribution in [-0.2, 0) is 16.6 Å².